The van der Waals surface area contributed by atoms with Crippen molar-refractivity contribution in [2.24, 2.45) is 0 Å². The van der Waals surface area contributed by atoms with Crippen LogP contribution in [-0.4, -0.2) is 20.8 Å². The highest BCUT2D eigenvalue weighted by molar-refractivity contribution is 5.50. The Bertz CT molecular complexity index is 679. The van der Waals surface area contributed by atoms with Gasteiger partial charge in [-0.15, -0.1) is 0 Å². The molecule has 0 radical (unpaired) electrons. The Morgan fingerprint density at radius 3 is 2.50 bits per heavy atom. The molecule has 1 unspecified atom stereocenters. The molecule has 0 aliphatic carbocycles. The monoisotopic (exact) mass is 297 g/mol. The van der Waals surface area contributed by atoms with E-state index < -0.39 is 0 Å². The highest BCUT2D eigenvalue weighted by Gasteiger charge is 2.34. The normalized spacial score (nSPS) is 19.4. The second-order valence-corrected chi connectivity index (χ2v) is 6.39. The first-order valence-corrected chi connectivity index (χ1v) is 7.61. The molecule has 0 spiro atoms. The molecule has 116 valence electrons. The average Bonchev–Trinajstić information content (AvgIpc) is 2.55. The molecule has 0 aromatic heterocycles. The van der Waals surface area contributed by atoms with E-state index in [1.54, 1.807) is 14.2 Å². The number of rotatable bonds is 3. The molecule has 0 saturated carbocycles. The van der Waals surface area contributed by atoms with Gasteiger partial charge < -0.3 is 14.8 Å². The Kier molecular flexibility index (Phi) is 3.83. The quantitative estimate of drug-likeness (QED) is 0.937. The van der Waals surface area contributed by atoms with Crippen LogP contribution >= 0.6 is 0 Å². The summed E-state index contributed by atoms with van der Waals surface area (Å²) in [5, 5.41) is 3.67. The van der Waals surface area contributed by atoms with Crippen molar-refractivity contribution in [1.29, 1.82) is 0 Å². The van der Waals surface area contributed by atoms with Crippen molar-refractivity contribution in [2.75, 3.05) is 20.8 Å². The Labute approximate surface area is 132 Å². The van der Waals surface area contributed by atoms with Crippen molar-refractivity contribution >= 4 is 0 Å². The second-order valence-electron chi connectivity index (χ2n) is 6.39. The number of fused-ring (bicyclic) bond motifs is 1. The number of ether oxygens (including phenoxy) is 2. The fourth-order valence-corrected chi connectivity index (χ4v) is 3.24. The second kappa shape index (κ2) is 5.65. The molecule has 2 aromatic rings. The van der Waals surface area contributed by atoms with Crippen LogP contribution in [0.5, 0.6) is 11.5 Å². The van der Waals surface area contributed by atoms with Crippen LogP contribution in [0.3, 0.4) is 0 Å². The minimum atomic E-state index is 0.0718. The molecule has 1 aliphatic rings. The number of hydrogen-bond donors (Lipinski definition) is 1. The summed E-state index contributed by atoms with van der Waals surface area (Å²) in [7, 11) is 3.44. The molecular formula is C19H23NO2. The van der Waals surface area contributed by atoms with Gasteiger partial charge in [0, 0.05) is 17.5 Å². The summed E-state index contributed by atoms with van der Waals surface area (Å²) in [4.78, 5) is 0. The van der Waals surface area contributed by atoms with E-state index in [1.165, 1.54) is 16.7 Å². The van der Waals surface area contributed by atoms with Gasteiger partial charge in [-0.3, -0.25) is 0 Å². The van der Waals surface area contributed by atoms with Crippen molar-refractivity contribution in [3.63, 3.8) is 0 Å². The van der Waals surface area contributed by atoms with Crippen LogP contribution in [0.15, 0.2) is 42.5 Å². The number of hydrogen-bond acceptors (Lipinski definition) is 3. The van der Waals surface area contributed by atoms with E-state index in [1.807, 2.05) is 18.2 Å². The Hall–Kier alpha value is -2.00. The number of methoxy groups -OCH3 is 2. The van der Waals surface area contributed by atoms with Crippen LogP contribution in [0.4, 0.5) is 0 Å². The van der Waals surface area contributed by atoms with Crippen molar-refractivity contribution in [2.45, 2.75) is 25.3 Å². The predicted octanol–water partition coefficient (Wildman–Crippen LogP) is 3.67. The van der Waals surface area contributed by atoms with Crippen molar-refractivity contribution < 1.29 is 9.47 Å². The number of nitrogens with one attached hydrogen (secondary N) is 1. The molecule has 22 heavy (non-hydrogen) atoms. The average molecular weight is 297 g/mol. The Morgan fingerprint density at radius 2 is 1.77 bits per heavy atom. The SMILES string of the molecule is COc1ccc2c(c1)C(C)(C)CNC2c1ccccc1OC. The van der Waals surface area contributed by atoms with E-state index >= 15 is 0 Å². The van der Waals surface area contributed by atoms with Gasteiger partial charge in [0.2, 0.25) is 0 Å². The molecular weight excluding hydrogens is 274 g/mol. The zero-order chi connectivity index (χ0) is 15.7. The summed E-state index contributed by atoms with van der Waals surface area (Å²) in [5.41, 5.74) is 3.87. The van der Waals surface area contributed by atoms with Crippen LogP contribution < -0.4 is 14.8 Å². The summed E-state index contributed by atoms with van der Waals surface area (Å²) in [6.45, 7) is 5.43. The van der Waals surface area contributed by atoms with Crippen LogP contribution in [0, 0.1) is 0 Å². The van der Waals surface area contributed by atoms with E-state index in [-0.39, 0.29) is 11.5 Å². The van der Waals surface area contributed by atoms with E-state index in [0.29, 0.717) is 0 Å². The molecule has 3 heteroatoms. The minimum Gasteiger partial charge on any atom is -0.497 e. The summed E-state index contributed by atoms with van der Waals surface area (Å²) >= 11 is 0. The number of benzene rings is 2. The summed E-state index contributed by atoms with van der Waals surface area (Å²) in [6.07, 6.45) is 0. The van der Waals surface area contributed by atoms with Gasteiger partial charge in [0.05, 0.1) is 20.3 Å². The molecule has 0 bridgehead atoms. The molecule has 0 amide bonds. The standard InChI is InChI=1S/C19H23NO2/c1-19(2)12-20-18(15-7-5-6-8-17(15)22-4)14-10-9-13(21-3)11-16(14)19/h5-11,18,20H,12H2,1-4H3. The van der Waals surface area contributed by atoms with Gasteiger partial charge in [-0.05, 0) is 29.3 Å². The Balaban J connectivity index is 2.13. The lowest BCUT2D eigenvalue weighted by Crippen LogP contribution is -2.42. The highest BCUT2D eigenvalue weighted by atomic mass is 16.5. The van der Waals surface area contributed by atoms with Gasteiger partial charge in [0.25, 0.3) is 0 Å². The first kappa shape index (κ1) is 14.9. The van der Waals surface area contributed by atoms with E-state index in [0.717, 1.165) is 18.0 Å². The fourth-order valence-electron chi connectivity index (χ4n) is 3.24. The maximum absolute atomic E-state index is 5.55. The van der Waals surface area contributed by atoms with Gasteiger partial charge in [-0.2, -0.15) is 0 Å². The van der Waals surface area contributed by atoms with E-state index in [4.69, 9.17) is 9.47 Å². The minimum absolute atomic E-state index is 0.0718. The maximum atomic E-state index is 5.55. The first-order valence-electron chi connectivity index (χ1n) is 7.61. The van der Waals surface area contributed by atoms with E-state index in [9.17, 15) is 0 Å². The van der Waals surface area contributed by atoms with Crippen LogP contribution in [-0.2, 0) is 5.41 Å². The smallest absolute Gasteiger partial charge is 0.123 e. The van der Waals surface area contributed by atoms with Gasteiger partial charge in [0.15, 0.2) is 0 Å². The molecule has 2 aromatic carbocycles. The molecule has 1 N–H and O–H groups in total. The van der Waals surface area contributed by atoms with Crippen molar-refractivity contribution in [3.8, 4) is 11.5 Å². The molecule has 1 heterocycles. The van der Waals surface area contributed by atoms with Crippen molar-refractivity contribution in [1.82, 2.24) is 5.32 Å². The number of para-hydroxylation sites is 1. The topological polar surface area (TPSA) is 30.5 Å². The van der Waals surface area contributed by atoms with Gasteiger partial charge in [-0.1, -0.05) is 38.1 Å². The van der Waals surface area contributed by atoms with Crippen LogP contribution in [0.1, 0.15) is 36.6 Å². The van der Waals surface area contributed by atoms with Gasteiger partial charge in [0.1, 0.15) is 11.5 Å². The zero-order valence-corrected chi connectivity index (χ0v) is 13.6. The Morgan fingerprint density at radius 1 is 1.00 bits per heavy atom. The third kappa shape index (κ3) is 2.46. The summed E-state index contributed by atoms with van der Waals surface area (Å²) < 4.78 is 11.0. The lowest BCUT2D eigenvalue weighted by Gasteiger charge is -2.38. The fraction of sp³-hybridized carbons (Fsp3) is 0.368. The molecule has 3 nitrogen and oxygen atoms in total. The molecule has 3 rings (SSSR count). The highest BCUT2D eigenvalue weighted by Crippen LogP contribution is 2.41. The van der Waals surface area contributed by atoms with Gasteiger partial charge >= 0.3 is 0 Å². The third-order valence-corrected chi connectivity index (χ3v) is 4.50. The van der Waals surface area contributed by atoms with Crippen LogP contribution in [0.25, 0.3) is 0 Å². The first-order chi connectivity index (χ1) is 10.6. The van der Waals surface area contributed by atoms with Crippen LogP contribution in [0.2, 0.25) is 0 Å². The lowest BCUT2D eigenvalue weighted by molar-refractivity contribution is 0.376. The van der Waals surface area contributed by atoms with Crippen molar-refractivity contribution in [3.05, 3.63) is 59.2 Å². The molecule has 1 atom stereocenters. The predicted molar refractivity (Wildman–Crippen MR) is 88.9 cm³/mol. The van der Waals surface area contributed by atoms with E-state index in [2.05, 4.69) is 43.4 Å². The summed E-state index contributed by atoms with van der Waals surface area (Å²) in [6, 6.07) is 14.7. The lowest BCUT2D eigenvalue weighted by atomic mass is 9.75. The largest absolute Gasteiger partial charge is 0.497 e. The molecule has 1 aliphatic heterocycles. The van der Waals surface area contributed by atoms with Gasteiger partial charge in [-0.25, -0.2) is 0 Å². The summed E-state index contributed by atoms with van der Waals surface area (Å²) in [5.74, 6) is 1.83. The molecule has 0 saturated heterocycles. The molecule has 0 fully saturated rings. The zero-order valence-electron chi connectivity index (χ0n) is 13.6. The third-order valence-electron chi connectivity index (χ3n) is 4.50. The maximum Gasteiger partial charge on any atom is 0.123 e.